The van der Waals surface area contributed by atoms with E-state index in [1.165, 1.54) is 6.07 Å². The lowest BCUT2D eigenvalue weighted by atomic mass is 9.96. The first-order valence-corrected chi connectivity index (χ1v) is 4.75. The summed E-state index contributed by atoms with van der Waals surface area (Å²) in [4.78, 5) is 10.7. The van der Waals surface area contributed by atoms with Gasteiger partial charge in [0, 0.05) is 5.56 Å². The molecule has 0 heterocycles. The number of hydrogen-bond donors (Lipinski definition) is 3. The van der Waals surface area contributed by atoms with E-state index < -0.39 is 12.0 Å². The van der Waals surface area contributed by atoms with Gasteiger partial charge in [-0.25, -0.2) is 0 Å². The number of phenolic OH excluding ortho intramolecular Hbond substituents is 1. The Labute approximate surface area is 88.3 Å². The van der Waals surface area contributed by atoms with Gasteiger partial charge in [-0.2, -0.15) is 0 Å². The minimum atomic E-state index is -1.18. The van der Waals surface area contributed by atoms with Crippen molar-refractivity contribution in [1.29, 1.82) is 0 Å². The first kappa shape index (κ1) is 11.5. The molecule has 1 rings (SSSR count). The van der Waals surface area contributed by atoms with Crippen LogP contribution < -0.4 is 5.73 Å². The zero-order valence-corrected chi connectivity index (χ0v) is 8.77. The average Bonchev–Trinajstić information content (AvgIpc) is 2.16. The average molecular weight is 209 g/mol. The zero-order valence-electron chi connectivity index (χ0n) is 8.77. The fraction of sp³-hybridized carbons (Fsp3) is 0.364. The molecule has 0 saturated heterocycles. The molecule has 0 radical (unpaired) electrons. The molecule has 1 unspecified atom stereocenters. The van der Waals surface area contributed by atoms with Gasteiger partial charge in [0.1, 0.15) is 11.8 Å². The van der Waals surface area contributed by atoms with E-state index >= 15 is 0 Å². The number of carboxylic acid groups (broad SMARTS) is 1. The summed E-state index contributed by atoms with van der Waals surface area (Å²) in [5.41, 5.74) is 6.42. The maximum Gasteiger partial charge on any atom is 0.325 e. The predicted octanol–water partition coefficient (Wildman–Crippen LogP) is 1.60. The minimum absolute atomic E-state index is 0.0117. The van der Waals surface area contributed by atoms with Gasteiger partial charge in [0.25, 0.3) is 0 Å². The molecule has 4 heteroatoms. The van der Waals surface area contributed by atoms with Crippen molar-refractivity contribution in [2.24, 2.45) is 5.73 Å². The zero-order chi connectivity index (χ0) is 11.6. The van der Waals surface area contributed by atoms with Gasteiger partial charge in [0.05, 0.1) is 0 Å². The number of rotatable bonds is 3. The second kappa shape index (κ2) is 4.31. The van der Waals surface area contributed by atoms with Crippen LogP contribution in [-0.4, -0.2) is 16.2 Å². The molecule has 0 amide bonds. The van der Waals surface area contributed by atoms with Crippen molar-refractivity contribution in [2.75, 3.05) is 0 Å². The smallest absolute Gasteiger partial charge is 0.325 e. The summed E-state index contributed by atoms with van der Waals surface area (Å²) in [6.45, 7) is 3.84. The standard InChI is InChI=1S/C11H15NO3/c1-6(2)7-4-3-5-8(10(7)13)9(12)11(14)15/h3-6,9,13H,12H2,1-2H3,(H,14,15). The van der Waals surface area contributed by atoms with Gasteiger partial charge in [-0.3, -0.25) is 4.79 Å². The number of benzene rings is 1. The lowest BCUT2D eigenvalue weighted by molar-refractivity contribution is -0.138. The number of phenols is 1. The molecule has 0 aliphatic rings. The highest BCUT2D eigenvalue weighted by molar-refractivity contribution is 5.76. The van der Waals surface area contributed by atoms with Crippen molar-refractivity contribution < 1.29 is 15.0 Å². The molecule has 4 nitrogen and oxygen atoms in total. The molecule has 0 aromatic heterocycles. The Morgan fingerprint density at radius 3 is 2.33 bits per heavy atom. The molecule has 1 aromatic carbocycles. The van der Waals surface area contributed by atoms with Crippen LogP contribution in [0.2, 0.25) is 0 Å². The SMILES string of the molecule is CC(C)c1cccc(C(N)C(=O)O)c1O. The van der Waals surface area contributed by atoms with Crippen molar-refractivity contribution in [3.63, 3.8) is 0 Å². The first-order valence-electron chi connectivity index (χ1n) is 4.75. The molecular weight excluding hydrogens is 194 g/mol. The highest BCUT2D eigenvalue weighted by Gasteiger charge is 2.20. The van der Waals surface area contributed by atoms with Crippen molar-refractivity contribution >= 4 is 5.97 Å². The van der Waals surface area contributed by atoms with Gasteiger partial charge in [-0.1, -0.05) is 32.0 Å². The lowest BCUT2D eigenvalue weighted by Crippen LogP contribution is -2.21. The number of aliphatic carboxylic acids is 1. The van der Waals surface area contributed by atoms with Crippen LogP contribution in [-0.2, 0) is 4.79 Å². The fourth-order valence-electron chi connectivity index (χ4n) is 1.43. The highest BCUT2D eigenvalue weighted by atomic mass is 16.4. The van der Waals surface area contributed by atoms with Crippen LogP contribution in [0.5, 0.6) is 5.75 Å². The number of carbonyl (C=O) groups is 1. The Morgan fingerprint density at radius 2 is 1.87 bits per heavy atom. The molecule has 1 aromatic rings. The van der Waals surface area contributed by atoms with Gasteiger partial charge in [0.15, 0.2) is 0 Å². The maximum absolute atomic E-state index is 10.7. The van der Waals surface area contributed by atoms with Crippen LogP contribution in [0.25, 0.3) is 0 Å². The van der Waals surface area contributed by atoms with Crippen LogP contribution >= 0.6 is 0 Å². The number of hydrogen-bond acceptors (Lipinski definition) is 3. The van der Waals surface area contributed by atoms with Gasteiger partial charge >= 0.3 is 5.97 Å². The summed E-state index contributed by atoms with van der Waals surface area (Å²) >= 11 is 0. The molecule has 0 spiro atoms. The quantitative estimate of drug-likeness (QED) is 0.706. The van der Waals surface area contributed by atoms with Crippen molar-refractivity contribution in [1.82, 2.24) is 0 Å². The van der Waals surface area contributed by atoms with E-state index in [9.17, 15) is 9.90 Å². The normalized spacial score (nSPS) is 12.8. The second-order valence-electron chi connectivity index (χ2n) is 3.76. The van der Waals surface area contributed by atoms with Crippen LogP contribution in [0.3, 0.4) is 0 Å². The third-order valence-electron chi connectivity index (χ3n) is 2.32. The first-order chi connectivity index (χ1) is 6.95. The van der Waals surface area contributed by atoms with E-state index in [1.807, 2.05) is 13.8 Å². The van der Waals surface area contributed by atoms with Crippen molar-refractivity contribution in [2.45, 2.75) is 25.8 Å². The Morgan fingerprint density at radius 1 is 1.33 bits per heavy atom. The van der Waals surface area contributed by atoms with Crippen LogP contribution in [0.1, 0.15) is 36.9 Å². The fourth-order valence-corrected chi connectivity index (χ4v) is 1.43. The monoisotopic (exact) mass is 209 g/mol. The predicted molar refractivity (Wildman–Crippen MR) is 56.8 cm³/mol. The Bertz CT molecular complexity index is 374. The van der Waals surface area contributed by atoms with E-state index in [4.69, 9.17) is 10.8 Å². The molecular formula is C11H15NO3. The molecule has 0 saturated carbocycles. The third-order valence-corrected chi connectivity index (χ3v) is 2.32. The summed E-state index contributed by atoms with van der Waals surface area (Å²) in [6, 6.07) is 3.81. The summed E-state index contributed by atoms with van der Waals surface area (Å²) in [7, 11) is 0. The van der Waals surface area contributed by atoms with E-state index in [0.29, 0.717) is 5.56 Å². The van der Waals surface area contributed by atoms with E-state index in [-0.39, 0.29) is 17.2 Å². The molecule has 0 aliphatic heterocycles. The van der Waals surface area contributed by atoms with Crippen molar-refractivity contribution in [3.8, 4) is 5.75 Å². The molecule has 4 N–H and O–H groups in total. The van der Waals surface area contributed by atoms with Gasteiger partial charge < -0.3 is 15.9 Å². The molecule has 0 aliphatic carbocycles. The summed E-state index contributed by atoms with van der Waals surface area (Å²) in [6.07, 6.45) is 0. The largest absolute Gasteiger partial charge is 0.507 e. The van der Waals surface area contributed by atoms with E-state index in [0.717, 1.165) is 0 Å². The maximum atomic E-state index is 10.7. The second-order valence-corrected chi connectivity index (χ2v) is 3.76. The van der Waals surface area contributed by atoms with E-state index in [2.05, 4.69) is 0 Å². The number of nitrogens with two attached hydrogens (primary N) is 1. The number of para-hydroxylation sites is 1. The van der Waals surface area contributed by atoms with Crippen molar-refractivity contribution in [3.05, 3.63) is 29.3 Å². The highest BCUT2D eigenvalue weighted by Crippen LogP contribution is 2.31. The molecule has 0 bridgehead atoms. The van der Waals surface area contributed by atoms with Gasteiger partial charge in [-0.05, 0) is 11.5 Å². The van der Waals surface area contributed by atoms with Gasteiger partial charge in [-0.15, -0.1) is 0 Å². The van der Waals surface area contributed by atoms with E-state index in [1.54, 1.807) is 12.1 Å². The van der Waals surface area contributed by atoms with Crippen LogP contribution in [0.4, 0.5) is 0 Å². The molecule has 82 valence electrons. The summed E-state index contributed by atoms with van der Waals surface area (Å²) in [5, 5.41) is 18.6. The Kier molecular flexibility index (Phi) is 3.31. The Balaban J connectivity index is 3.21. The lowest BCUT2D eigenvalue weighted by Gasteiger charge is -2.14. The van der Waals surface area contributed by atoms with Crippen LogP contribution in [0.15, 0.2) is 18.2 Å². The van der Waals surface area contributed by atoms with Gasteiger partial charge in [0.2, 0.25) is 0 Å². The number of aromatic hydroxyl groups is 1. The molecule has 15 heavy (non-hydrogen) atoms. The molecule has 0 fully saturated rings. The van der Waals surface area contributed by atoms with Crippen LogP contribution in [0, 0.1) is 0 Å². The Hall–Kier alpha value is -1.55. The topological polar surface area (TPSA) is 83.6 Å². The minimum Gasteiger partial charge on any atom is -0.507 e. The number of carboxylic acids is 1. The third kappa shape index (κ3) is 2.27. The summed E-state index contributed by atoms with van der Waals surface area (Å²) < 4.78 is 0. The summed E-state index contributed by atoms with van der Waals surface area (Å²) in [5.74, 6) is -1.03. The molecule has 1 atom stereocenters.